The topological polar surface area (TPSA) is 95.9 Å². The Morgan fingerprint density at radius 2 is 1.62 bits per heavy atom. The summed E-state index contributed by atoms with van der Waals surface area (Å²) >= 11 is 0. The highest BCUT2D eigenvalue weighted by Crippen LogP contribution is 2.44. The molecule has 1 aliphatic rings. The Bertz CT molecular complexity index is 872. The van der Waals surface area contributed by atoms with Crippen molar-refractivity contribution in [1.82, 2.24) is 10.2 Å². The molecule has 2 amide bonds. The number of ether oxygens (including phenoxy) is 1. The highest BCUT2D eigenvalue weighted by molar-refractivity contribution is 6.19. The Balaban J connectivity index is 1.55. The van der Waals surface area contributed by atoms with E-state index in [9.17, 15) is 14.4 Å². The van der Waals surface area contributed by atoms with Crippen molar-refractivity contribution in [3.05, 3.63) is 59.7 Å². The van der Waals surface area contributed by atoms with Crippen LogP contribution in [0, 0.1) is 0 Å². The van der Waals surface area contributed by atoms with Crippen LogP contribution in [0.25, 0.3) is 11.1 Å². The fourth-order valence-electron chi connectivity index (χ4n) is 3.53. The SMILES string of the molecule is [B]CC(=O)N(CCNC(=O)OCC1c2ccccc2-c2ccccc21)CC(=O)O. The zero-order valence-corrected chi connectivity index (χ0v) is 15.8. The van der Waals surface area contributed by atoms with Crippen LogP contribution in [-0.4, -0.2) is 62.1 Å². The number of carbonyl (C=O) groups is 3. The quantitative estimate of drug-likeness (QED) is 0.671. The van der Waals surface area contributed by atoms with Crippen molar-refractivity contribution in [1.29, 1.82) is 0 Å². The summed E-state index contributed by atoms with van der Waals surface area (Å²) < 4.78 is 5.39. The average molecular weight is 392 g/mol. The first-order valence-electron chi connectivity index (χ1n) is 9.29. The Kier molecular flexibility index (Phi) is 6.54. The van der Waals surface area contributed by atoms with Gasteiger partial charge in [0.25, 0.3) is 0 Å². The lowest BCUT2D eigenvalue weighted by Crippen LogP contribution is -2.41. The molecular formula is C21H21BN2O5. The molecule has 0 aliphatic heterocycles. The van der Waals surface area contributed by atoms with Crippen molar-refractivity contribution in [3.8, 4) is 11.1 Å². The summed E-state index contributed by atoms with van der Waals surface area (Å²) in [5.74, 6) is -1.69. The molecule has 0 fully saturated rings. The number of carbonyl (C=O) groups excluding carboxylic acids is 2. The molecule has 0 saturated carbocycles. The normalized spacial score (nSPS) is 12.0. The first-order valence-corrected chi connectivity index (χ1v) is 9.29. The second-order valence-electron chi connectivity index (χ2n) is 6.67. The van der Waals surface area contributed by atoms with Gasteiger partial charge >= 0.3 is 12.1 Å². The summed E-state index contributed by atoms with van der Waals surface area (Å²) in [5.41, 5.74) is 4.51. The van der Waals surface area contributed by atoms with E-state index in [0.717, 1.165) is 27.2 Å². The maximum Gasteiger partial charge on any atom is 0.407 e. The lowest BCUT2D eigenvalue weighted by molar-refractivity contribution is -0.143. The first kappa shape index (κ1) is 20.4. The maximum absolute atomic E-state index is 12.1. The number of hydrogen-bond donors (Lipinski definition) is 2. The number of amides is 2. The fourth-order valence-corrected chi connectivity index (χ4v) is 3.53. The number of fused-ring (bicyclic) bond motifs is 3. The predicted molar refractivity (Wildman–Crippen MR) is 108 cm³/mol. The smallest absolute Gasteiger partial charge is 0.407 e. The molecule has 2 aromatic rings. The van der Waals surface area contributed by atoms with Crippen LogP contribution in [0.5, 0.6) is 0 Å². The summed E-state index contributed by atoms with van der Waals surface area (Å²) in [7, 11) is 5.28. The third kappa shape index (κ3) is 4.77. The molecule has 0 atom stereocenters. The van der Waals surface area contributed by atoms with Gasteiger partial charge in [0.2, 0.25) is 5.91 Å². The van der Waals surface area contributed by atoms with Crippen molar-refractivity contribution < 1.29 is 24.2 Å². The number of carboxylic acids is 1. The molecule has 0 bridgehead atoms. The van der Waals surface area contributed by atoms with Crippen molar-refractivity contribution in [2.24, 2.45) is 0 Å². The molecule has 2 N–H and O–H groups in total. The van der Waals surface area contributed by atoms with Gasteiger partial charge < -0.3 is 20.1 Å². The van der Waals surface area contributed by atoms with Crippen molar-refractivity contribution in [3.63, 3.8) is 0 Å². The Morgan fingerprint density at radius 1 is 1.03 bits per heavy atom. The van der Waals surface area contributed by atoms with Gasteiger partial charge in [0.05, 0.1) is 7.85 Å². The van der Waals surface area contributed by atoms with Gasteiger partial charge in [-0.1, -0.05) is 48.5 Å². The third-order valence-electron chi connectivity index (χ3n) is 4.85. The molecule has 0 heterocycles. The van der Waals surface area contributed by atoms with E-state index in [1.54, 1.807) is 0 Å². The van der Waals surface area contributed by atoms with Crippen molar-refractivity contribution in [2.45, 2.75) is 12.2 Å². The third-order valence-corrected chi connectivity index (χ3v) is 4.85. The van der Waals surface area contributed by atoms with Crippen LogP contribution in [0.3, 0.4) is 0 Å². The summed E-state index contributed by atoms with van der Waals surface area (Å²) in [6, 6.07) is 16.1. The van der Waals surface area contributed by atoms with E-state index in [2.05, 4.69) is 17.4 Å². The van der Waals surface area contributed by atoms with Gasteiger partial charge in [0.15, 0.2) is 0 Å². The second kappa shape index (κ2) is 9.27. The molecule has 0 aromatic heterocycles. The molecule has 8 heteroatoms. The number of hydrogen-bond acceptors (Lipinski definition) is 4. The highest BCUT2D eigenvalue weighted by atomic mass is 16.5. The lowest BCUT2D eigenvalue weighted by Gasteiger charge is -2.20. The predicted octanol–water partition coefficient (Wildman–Crippen LogP) is 2.03. The molecular weight excluding hydrogens is 371 g/mol. The zero-order valence-electron chi connectivity index (χ0n) is 15.8. The Morgan fingerprint density at radius 3 is 2.17 bits per heavy atom. The molecule has 2 aromatic carbocycles. The number of alkyl carbamates (subject to hydrolysis) is 1. The molecule has 3 rings (SSSR count). The van der Waals surface area contributed by atoms with E-state index in [0.29, 0.717) is 0 Å². The van der Waals surface area contributed by atoms with Gasteiger partial charge in [0, 0.05) is 19.0 Å². The van der Waals surface area contributed by atoms with Crippen LogP contribution >= 0.6 is 0 Å². The Labute approximate surface area is 170 Å². The van der Waals surface area contributed by atoms with E-state index < -0.39 is 24.5 Å². The van der Waals surface area contributed by atoms with Crippen molar-refractivity contribution in [2.75, 3.05) is 26.2 Å². The minimum absolute atomic E-state index is 0.0343. The number of nitrogens with zero attached hydrogens (tertiary/aromatic N) is 1. The monoisotopic (exact) mass is 392 g/mol. The minimum Gasteiger partial charge on any atom is -0.480 e. The highest BCUT2D eigenvalue weighted by Gasteiger charge is 2.29. The zero-order chi connectivity index (χ0) is 20.8. The number of benzene rings is 2. The number of nitrogens with one attached hydrogen (secondary N) is 1. The second-order valence-corrected chi connectivity index (χ2v) is 6.67. The van der Waals surface area contributed by atoms with E-state index in [-0.39, 0.29) is 31.9 Å². The lowest BCUT2D eigenvalue weighted by atomic mass is 9.98. The largest absolute Gasteiger partial charge is 0.480 e. The summed E-state index contributed by atoms with van der Waals surface area (Å²) in [4.78, 5) is 35.6. The minimum atomic E-state index is -1.15. The molecule has 0 spiro atoms. The van der Waals surface area contributed by atoms with Crippen molar-refractivity contribution >= 4 is 25.8 Å². The number of carboxylic acid groups (broad SMARTS) is 1. The standard InChI is InChI=1S/C21H21BN2O5/c22-11-19(25)24(12-20(26)27)10-9-23-21(28)29-13-18-16-7-3-1-5-14(16)15-6-2-4-8-17(15)18/h1-8,18H,9-13H2,(H,23,28)(H,26,27). The summed E-state index contributed by atoms with van der Waals surface area (Å²) in [5, 5.41) is 11.4. The molecule has 148 valence electrons. The average Bonchev–Trinajstić information content (AvgIpc) is 3.04. The van der Waals surface area contributed by atoms with E-state index in [4.69, 9.17) is 17.7 Å². The molecule has 1 aliphatic carbocycles. The first-order chi connectivity index (χ1) is 14.0. The van der Waals surface area contributed by atoms with Crippen LogP contribution in [0.15, 0.2) is 48.5 Å². The van der Waals surface area contributed by atoms with Gasteiger partial charge in [0.1, 0.15) is 13.2 Å². The van der Waals surface area contributed by atoms with Gasteiger partial charge in [-0.2, -0.15) is 0 Å². The van der Waals surface area contributed by atoms with E-state index in [1.807, 2.05) is 36.4 Å². The molecule has 29 heavy (non-hydrogen) atoms. The van der Waals surface area contributed by atoms with Crippen LogP contribution in [0.2, 0.25) is 6.32 Å². The van der Waals surface area contributed by atoms with Gasteiger partial charge in [-0.3, -0.25) is 9.59 Å². The Hall–Kier alpha value is -3.29. The van der Waals surface area contributed by atoms with E-state index in [1.165, 1.54) is 0 Å². The molecule has 0 saturated heterocycles. The van der Waals surface area contributed by atoms with E-state index >= 15 is 0 Å². The molecule has 2 radical (unpaired) electrons. The van der Waals surface area contributed by atoms with Crippen LogP contribution in [-0.2, 0) is 14.3 Å². The number of aliphatic carboxylic acids is 1. The fraction of sp³-hybridized carbons (Fsp3) is 0.286. The van der Waals surface area contributed by atoms with Crippen LogP contribution in [0.1, 0.15) is 17.0 Å². The van der Waals surface area contributed by atoms with Gasteiger partial charge in [-0.15, -0.1) is 0 Å². The maximum atomic E-state index is 12.1. The van der Waals surface area contributed by atoms with Gasteiger partial charge in [-0.05, 0) is 28.6 Å². The molecule has 0 unspecified atom stereocenters. The van der Waals surface area contributed by atoms with Crippen LogP contribution < -0.4 is 5.32 Å². The summed E-state index contributed by atoms with van der Waals surface area (Å²) in [6.45, 7) is -0.189. The number of rotatable bonds is 8. The van der Waals surface area contributed by atoms with Gasteiger partial charge in [-0.25, -0.2) is 4.79 Å². The molecule has 7 nitrogen and oxygen atoms in total. The van der Waals surface area contributed by atoms with Crippen LogP contribution in [0.4, 0.5) is 4.79 Å². The summed E-state index contributed by atoms with van der Waals surface area (Å²) in [6.07, 6.45) is -0.916.